The van der Waals surface area contributed by atoms with E-state index in [0.717, 1.165) is 44.6 Å². The molecule has 2 aliphatic rings. The van der Waals surface area contributed by atoms with Gasteiger partial charge in [-0.2, -0.15) is 0 Å². The van der Waals surface area contributed by atoms with Gasteiger partial charge in [0.2, 0.25) is 5.91 Å². The summed E-state index contributed by atoms with van der Waals surface area (Å²) in [7, 11) is 0. The van der Waals surface area contributed by atoms with Crippen molar-refractivity contribution < 1.29 is 4.79 Å². The van der Waals surface area contributed by atoms with Crippen LogP contribution in [0.2, 0.25) is 0 Å². The number of nitrogens with zero attached hydrogens (tertiary/aromatic N) is 2. The van der Waals surface area contributed by atoms with E-state index in [4.69, 9.17) is 0 Å². The lowest BCUT2D eigenvalue weighted by atomic mass is 9.95. The van der Waals surface area contributed by atoms with E-state index in [1.54, 1.807) is 0 Å². The predicted molar refractivity (Wildman–Crippen MR) is 68.8 cm³/mol. The first-order valence-corrected chi connectivity index (χ1v) is 6.89. The highest BCUT2D eigenvalue weighted by atomic mass is 16.2. The number of amides is 1. The first-order chi connectivity index (χ1) is 8.17. The van der Waals surface area contributed by atoms with E-state index in [2.05, 4.69) is 17.1 Å². The molecule has 2 fully saturated rings. The molecule has 3 unspecified atom stereocenters. The van der Waals surface area contributed by atoms with Crippen molar-refractivity contribution in [3.8, 4) is 0 Å². The maximum Gasteiger partial charge on any atom is 0.236 e. The lowest BCUT2D eigenvalue weighted by Crippen LogP contribution is -2.43. The zero-order chi connectivity index (χ0) is 12.4. The third-order valence-corrected chi connectivity index (χ3v) is 4.51. The molecule has 0 aromatic heterocycles. The van der Waals surface area contributed by atoms with Crippen LogP contribution in [0.25, 0.3) is 0 Å². The van der Waals surface area contributed by atoms with Gasteiger partial charge in [0, 0.05) is 25.7 Å². The lowest BCUT2D eigenvalue weighted by molar-refractivity contribution is -0.132. The largest absolute Gasteiger partial charge is 0.342 e. The van der Waals surface area contributed by atoms with Crippen molar-refractivity contribution in [2.75, 3.05) is 39.3 Å². The quantitative estimate of drug-likeness (QED) is 0.771. The summed E-state index contributed by atoms with van der Waals surface area (Å²) in [4.78, 5) is 16.4. The van der Waals surface area contributed by atoms with Gasteiger partial charge in [-0.25, -0.2) is 0 Å². The monoisotopic (exact) mass is 239 g/mol. The maximum absolute atomic E-state index is 12.1. The van der Waals surface area contributed by atoms with E-state index >= 15 is 0 Å². The van der Waals surface area contributed by atoms with Crippen molar-refractivity contribution >= 4 is 5.91 Å². The molecule has 2 aliphatic heterocycles. The Morgan fingerprint density at radius 2 is 2.06 bits per heavy atom. The average Bonchev–Trinajstić information content (AvgIpc) is 2.86. The number of likely N-dealkylation sites (tertiary alicyclic amines) is 1. The molecule has 1 amide bonds. The number of hydrogen-bond donors (Lipinski definition) is 1. The van der Waals surface area contributed by atoms with Gasteiger partial charge >= 0.3 is 0 Å². The van der Waals surface area contributed by atoms with Crippen LogP contribution in [0.4, 0.5) is 0 Å². The molecule has 17 heavy (non-hydrogen) atoms. The number of hydrogen-bond acceptors (Lipinski definition) is 3. The van der Waals surface area contributed by atoms with Gasteiger partial charge in [-0.1, -0.05) is 0 Å². The minimum absolute atomic E-state index is 0.287. The van der Waals surface area contributed by atoms with Crippen LogP contribution >= 0.6 is 0 Å². The molecule has 2 saturated heterocycles. The Labute approximate surface area is 104 Å². The Bertz CT molecular complexity index is 278. The molecule has 98 valence electrons. The zero-order valence-electron chi connectivity index (χ0n) is 11.3. The van der Waals surface area contributed by atoms with Crippen LogP contribution in [0.15, 0.2) is 0 Å². The van der Waals surface area contributed by atoms with Crippen molar-refractivity contribution in [2.24, 2.45) is 11.8 Å². The summed E-state index contributed by atoms with van der Waals surface area (Å²) in [6.07, 6.45) is 0. The molecule has 3 atom stereocenters. The number of carbonyl (C=O) groups is 1. The second-order valence-corrected chi connectivity index (χ2v) is 5.32. The van der Waals surface area contributed by atoms with Crippen LogP contribution in [-0.4, -0.2) is 61.0 Å². The number of likely N-dealkylation sites (N-methyl/N-ethyl adjacent to an activating group) is 1. The standard InChI is InChI=1S/C13H25N3O/c1-4-15(5-2)13(17)9-16-8-11-6-14-7-12(11)10(16)3/h10-12,14H,4-9H2,1-3H3. The fourth-order valence-corrected chi connectivity index (χ4v) is 3.31. The average molecular weight is 239 g/mol. The molecule has 0 aromatic carbocycles. The first-order valence-electron chi connectivity index (χ1n) is 6.89. The first kappa shape index (κ1) is 12.8. The van der Waals surface area contributed by atoms with E-state index in [-0.39, 0.29) is 5.91 Å². The molecular weight excluding hydrogens is 214 g/mol. The number of nitrogens with one attached hydrogen (secondary N) is 1. The Morgan fingerprint density at radius 1 is 1.35 bits per heavy atom. The smallest absolute Gasteiger partial charge is 0.236 e. The third-order valence-electron chi connectivity index (χ3n) is 4.51. The van der Waals surface area contributed by atoms with Gasteiger partial charge in [0.25, 0.3) is 0 Å². The normalized spacial score (nSPS) is 32.8. The van der Waals surface area contributed by atoms with Crippen molar-refractivity contribution in [3.63, 3.8) is 0 Å². The molecule has 4 nitrogen and oxygen atoms in total. The van der Waals surface area contributed by atoms with Gasteiger partial charge < -0.3 is 10.2 Å². The van der Waals surface area contributed by atoms with Gasteiger partial charge in [0.1, 0.15) is 0 Å². The molecule has 0 bridgehead atoms. The van der Waals surface area contributed by atoms with Crippen LogP contribution in [0, 0.1) is 11.8 Å². The maximum atomic E-state index is 12.1. The lowest BCUT2D eigenvalue weighted by Gasteiger charge is -2.27. The number of carbonyl (C=O) groups excluding carboxylic acids is 1. The fourth-order valence-electron chi connectivity index (χ4n) is 3.31. The molecule has 2 rings (SSSR count). The Kier molecular flexibility index (Phi) is 4.05. The van der Waals surface area contributed by atoms with Crippen molar-refractivity contribution in [1.29, 1.82) is 0 Å². The van der Waals surface area contributed by atoms with Crippen LogP contribution in [0.3, 0.4) is 0 Å². The predicted octanol–water partition coefficient (Wildman–Crippen LogP) is 0.395. The molecule has 1 N–H and O–H groups in total. The molecular formula is C13H25N3O. The van der Waals surface area contributed by atoms with Crippen molar-refractivity contribution in [3.05, 3.63) is 0 Å². The Hall–Kier alpha value is -0.610. The highest BCUT2D eigenvalue weighted by Gasteiger charge is 2.42. The van der Waals surface area contributed by atoms with E-state index in [1.165, 1.54) is 0 Å². The van der Waals surface area contributed by atoms with Gasteiger partial charge in [-0.15, -0.1) is 0 Å². The Morgan fingerprint density at radius 3 is 2.65 bits per heavy atom. The SMILES string of the molecule is CCN(CC)C(=O)CN1CC2CNCC2C1C. The summed E-state index contributed by atoms with van der Waals surface area (Å²) < 4.78 is 0. The number of fused-ring (bicyclic) bond motifs is 1. The molecule has 0 spiro atoms. The fraction of sp³-hybridized carbons (Fsp3) is 0.923. The summed E-state index contributed by atoms with van der Waals surface area (Å²) in [6.45, 7) is 12.0. The highest BCUT2D eigenvalue weighted by molar-refractivity contribution is 5.78. The van der Waals surface area contributed by atoms with E-state index < -0.39 is 0 Å². The van der Waals surface area contributed by atoms with Gasteiger partial charge in [-0.3, -0.25) is 9.69 Å². The van der Waals surface area contributed by atoms with Gasteiger partial charge in [-0.05, 0) is 45.7 Å². The topological polar surface area (TPSA) is 35.6 Å². The summed E-state index contributed by atoms with van der Waals surface area (Å²) in [5.74, 6) is 1.80. The molecule has 4 heteroatoms. The summed E-state index contributed by atoms with van der Waals surface area (Å²) in [5.41, 5.74) is 0. The zero-order valence-corrected chi connectivity index (χ0v) is 11.3. The van der Waals surface area contributed by atoms with E-state index in [9.17, 15) is 4.79 Å². The third kappa shape index (κ3) is 2.47. The Balaban J connectivity index is 1.90. The second kappa shape index (κ2) is 5.36. The van der Waals surface area contributed by atoms with Gasteiger partial charge in [0.15, 0.2) is 0 Å². The molecule has 0 aromatic rings. The van der Waals surface area contributed by atoms with Crippen LogP contribution in [0.5, 0.6) is 0 Å². The molecule has 0 aliphatic carbocycles. The summed E-state index contributed by atoms with van der Waals surface area (Å²) >= 11 is 0. The van der Waals surface area contributed by atoms with E-state index in [1.807, 2.05) is 18.7 Å². The molecule has 0 radical (unpaired) electrons. The van der Waals surface area contributed by atoms with E-state index in [0.29, 0.717) is 12.6 Å². The van der Waals surface area contributed by atoms with Crippen LogP contribution in [0.1, 0.15) is 20.8 Å². The number of rotatable bonds is 4. The van der Waals surface area contributed by atoms with Crippen LogP contribution < -0.4 is 5.32 Å². The molecule has 2 heterocycles. The second-order valence-electron chi connectivity index (χ2n) is 5.32. The summed E-state index contributed by atoms with van der Waals surface area (Å²) in [6, 6.07) is 0.550. The van der Waals surface area contributed by atoms with Crippen molar-refractivity contribution in [1.82, 2.24) is 15.1 Å². The van der Waals surface area contributed by atoms with Gasteiger partial charge in [0.05, 0.1) is 6.54 Å². The van der Waals surface area contributed by atoms with Crippen molar-refractivity contribution in [2.45, 2.75) is 26.8 Å². The van der Waals surface area contributed by atoms with Crippen LogP contribution in [-0.2, 0) is 4.79 Å². The summed E-state index contributed by atoms with van der Waals surface area (Å²) in [5, 5.41) is 3.45. The minimum Gasteiger partial charge on any atom is -0.342 e. The highest BCUT2D eigenvalue weighted by Crippen LogP contribution is 2.31. The minimum atomic E-state index is 0.287. The molecule has 0 saturated carbocycles.